The molecule has 0 fully saturated rings. The zero-order valence-electron chi connectivity index (χ0n) is 10.9. The normalized spacial score (nSPS) is 12.2. The van der Waals surface area contributed by atoms with E-state index in [1.165, 1.54) is 12.1 Å². The summed E-state index contributed by atoms with van der Waals surface area (Å²) in [5.74, 6) is 0.483. The fourth-order valence-corrected chi connectivity index (χ4v) is 2.93. The maximum Gasteiger partial charge on any atom is 0.123 e. The number of benzene rings is 2. The highest BCUT2D eigenvalue weighted by molar-refractivity contribution is 9.10. The Hall–Kier alpha value is -0.910. The van der Waals surface area contributed by atoms with Crippen molar-refractivity contribution in [3.8, 4) is 5.75 Å². The lowest BCUT2D eigenvalue weighted by molar-refractivity contribution is 0.413. The van der Waals surface area contributed by atoms with Crippen LogP contribution < -0.4 is 10.5 Å². The van der Waals surface area contributed by atoms with Gasteiger partial charge in [-0.3, -0.25) is 0 Å². The van der Waals surface area contributed by atoms with Crippen molar-refractivity contribution in [1.82, 2.24) is 0 Å². The molecule has 2 N–H and O–H groups in total. The predicted octanol–water partition coefficient (Wildman–Crippen LogP) is 4.60. The molecule has 1 atom stereocenters. The van der Waals surface area contributed by atoms with E-state index in [0.29, 0.717) is 6.42 Å². The van der Waals surface area contributed by atoms with Crippen LogP contribution in [0.25, 0.3) is 0 Å². The summed E-state index contributed by atoms with van der Waals surface area (Å²) < 4.78 is 20.3. The van der Waals surface area contributed by atoms with Crippen molar-refractivity contribution in [3.05, 3.63) is 62.3 Å². The molecule has 0 saturated heterocycles. The minimum Gasteiger partial charge on any atom is -0.497 e. The third-order valence-electron chi connectivity index (χ3n) is 3.05. The molecule has 2 aromatic rings. The van der Waals surface area contributed by atoms with Crippen LogP contribution in [-0.4, -0.2) is 7.11 Å². The molecule has 0 bridgehead atoms. The van der Waals surface area contributed by atoms with Crippen LogP contribution in [0.2, 0.25) is 0 Å². The zero-order valence-corrected chi connectivity index (χ0v) is 14.0. The summed E-state index contributed by atoms with van der Waals surface area (Å²) in [7, 11) is 1.61. The van der Waals surface area contributed by atoms with Crippen LogP contribution in [0.3, 0.4) is 0 Å². The summed E-state index contributed by atoms with van der Waals surface area (Å²) in [5, 5.41) is 0. The molecule has 0 saturated carbocycles. The zero-order chi connectivity index (χ0) is 14.7. The van der Waals surface area contributed by atoms with Gasteiger partial charge in [0.15, 0.2) is 0 Å². The average molecular weight is 403 g/mol. The largest absolute Gasteiger partial charge is 0.497 e. The molecule has 0 radical (unpaired) electrons. The van der Waals surface area contributed by atoms with Crippen molar-refractivity contribution < 1.29 is 9.13 Å². The topological polar surface area (TPSA) is 35.2 Å². The van der Waals surface area contributed by atoms with Crippen molar-refractivity contribution in [2.75, 3.05) is 7.11 Å². The van der Waals surface area contributed by atoms with E-state index in [1.54, 1.807) is 13.2 Å². The summed E-state index contributed by atoms with van der Waals surface area (Å²) >= 11 is 6.90. The first kappa shape index (κ1) is 15.5. The quantitative estimate of drug-likeness (QED) is 0.810. The summed E-state index contributed by atoms with van der Waals surface area (Å²) in [6, 6.07) is 10.0. The molecule has 0 aliphatic carbocycles. The van der Waals surface area contributed by atoms with Gasteiger partial charge in [-0.1, -0.05) is 31.9 Å². The molecule has 20 heavy (non-hydrogen) atoms. The van der Waals surface area contributed by atoms with Crippen LogP contribution in [0.4, 0.5) is 4.39 Å². The first-order valence-electron chi connectivity index (χ1n) is 6.04. The van der Waals surface area contributed by atoms with E-state index in [9.17, 15) is 4.39 Å². The smallest absolute Gasteiger partial charge is 0.123 e. The number of methoxy groups -OCH3 is 1. The molecule has 106 valence electrons. The fraction of sp³-hybridized carbons (Fsp3) is 0.200. The van der Waals surface area contributed by atoms with E-state index >= 15 is 0 Å². The van der Waals surface area contributed by atoms with Gasteiger partial charge in [-0.05, 0) is 53.9 Å². The Balaban J connectivity index is 2.27. The lowest BCUT2D eigenvalue weighted by atomic mass is 9.99. The molecule has 0 amide bonds. The second kappa shape index (κ2) is 6.70. The monoisotopic (exact) mass is 401 g/mol. The Labute approximate surface area is 134 Å². The summed E-state index contributed by atoms with van der Waals surface area (Å²) in [6.45, 7) is 0. The Morgan fingerprint density at radius 3 is 2.55 bits per heavy atom. The van der Waals surface area contributed by atoms with Gasteiger partial charge in [-0.15, -0.1) is 0 Å². The minimum atomic E-state index is -0.264. The van der Waals surface area contributed by atoms with Gasteiger partial charge in [0, 0.05) is 15.0 Å². The molecule has 2 aromatic carbocycles. The Morgan fingerprint density at radius 1 is 1.15 bits per heavy atom. The van der Waals surface area contributed by atoms with Crippen molar-refractivity contribution in [2.24, 2.45) is 5.73 Å². The molecule has 0 aromatic heterocycles. The van der Waals surface area contributed by atoms with Crippen molar-refractivity contribution in [3.63, 3.8) is 0 Å². The maximum atomic E-state index is 13.3. The highest BCUT2D eigenvalue weighted by Gasteiger charge is 2.14. The van der Waals surface area contributed by atoms with E-state index in [-0.39, 0.29) is 11.9 Å². The Bertz CT molecular complexity index is 619. The van der Waals surface area contributed by atoms with Crippen LogP contribution in [0.15, 0.2) is 45.3 Å². The number of nitrogens with two attached hydrogens (primary N) is 1. The number of hydrogen-bond donors (Lipinski definition) is 1. The Morgan fingerprint density at radius 2 is 1.85 bits per heavy atom. The maximum absolute atomic E-state index is 13.3. The average Bonchev–Trinajstić information content (AvgIpc) is 2.43. The van der Waals surface area contributed by atoms with Gasteiger partial charge < -0.3 is 10.5 Å². The molecule has 2 nitrogen and oxygen atoms in total. The third-order valence-corrected chi connectivity index (χ3v) is 4.55. The molecule has 5 heteroatoms. The van der Waals surface area contributed by atoms with Gasteiger partial charge in [-0.25, -0.2) is 4.39 Å². The van der Waals surface area contributed by atoms with Crippen molar-refractivity contribution >= 4 is 31.9 Å². The third kappa shape index (κ3) is 3.59. The van der Waals surface area contributed by atoms with Crippen LogP contribution in [0, 0.1) is 5.82 Å². The number of hydrogen-bond acceptors (Lipinski definition) is 2. The van der Waals surface area contributed by atoms with Gasteiger partial charge in [0.25, 0.3) is 0 Å². The van der Waals surface area contributed by atoms with Crippen LogP contribution in [-0.2, 0) is 6.42 Å². The number of ether oxygens (including phenoxy) is 1. The highest BCUT2D eigenvalue weighted by Crippen LogP contribution is 2.30. The van der Waals surface area contributed by atoms with Gasteiger partial charge in [0.2, 0.25) is 0 Å². The standard InChI is InChI=1S/C15H14Br2FNO/c1-20-11-3-5-14(17)12(8-11)15(19)7-9-6-10(18)2-4-13(9)16/h2-6,8,15H,7,19H2,1H3. The lowest BCUT2D eigenvalue weighted by Crippen LogP contribution is -2.14. The summed E-state index contributed by atoms with van der Waals surface area (Å²) in [4.78, 5) is 0. The SMILES string of the molecule is COc1ccc(Br)c(C(N)Cc2cc(F)ccc2Br)c1. The van der Waals surface area contributed by atoms with Gasteiger partial charge in [0.1, 0.15) is 11.6 Å². The molecule has 0 spiro atoms. The van der Waals surface area contributed by atoms with E-state index in [2.05, 4.69) is 31.9 Å². The molecule has 0 aliphatic heterocycles. The first-order valence-corrected chi connectivity index (χ1v) is 7.63. The van der Waals surface area contributed by atoms with Crippen LogP contribution >= 0.6 is 31.9 Å². The van der Waals surface area contributed by atoms with Gasteiger partial charge >= 0.3 is 0 Å². The molecule has 0 aliphatic rings. The Kier molecular flexibility index (Phi) is 5.18. The van der Waals surface area contributed by atoms with E-state index in [0.717, 1.165) is 25.8 Å². The van der Waals surface area contributed by atoms with Crippen molar-refractivity contribution in [2.45, 2.75) is 12.5 Å². The number of rotatable bonds is 4. The summed E-state index contributed by atoms with van der Waals surface area (Å²) in [6.07, 6.45) is 0.532. The second-order valence-electron chi connectivity index (χ2n) is 4.43. The van der Waals surface area contributed by atoms with Crippen LogP contribution in [0.5, 0.6) is 5.75 Å². The summed E-state index contributed by atoms with van der Waals surface area (Å²) in [5.41, 5.74) is 8.01. The van der Waals surface area contributed by atoms with Crippen molar-refractivity contribution in [1.29, 1.82) is 0 Å². The van der Waals surface area contributed by atoms with Gasteiger partial charge in [0.05, 0.1) is 7.11 Å². The predicted molar refractivity (Wildman–Crippen MR) is 85.4 cm³/mol. The highest BCUT2D eigenvalue weighted by atomic mass is 79.9. The van der Waals surface area contributed by atoms with E-state index in [1.807, 2.05) is 18.2 Å². The van der Waals surface area contributed by atoms with Crippen LogP contribution in [0.1, 0.15) is 17.2 Å². The van der Waals surface area contributed by atoms with Gasteiger partial charge in [-0.2, -0.15) is 0 Å². The van der Waals surface area contributed by atoms with E-state index in [4.69, 9.17) is 10.5 Å². The second-order valence-corrected chi connectivity index (χ2v) is 6.14. The number of halogens is 3. The molecule has 2 rings (SSSR count). The molecular weight excluding hydrogens is 389 g/mol. The van der Waals surface area contributed by atoms with E-state index < -0.39 is 0 Å². The molecule has 1 unspecified atom stereocenters. The first-order chi connectivity index (χ1) is 9.51. The molecular formula is C15H14Br2FNO. The fourth-order valence-electron chi connectivity index (χ4n) is 1.98. The lowest BCUT2D eigenvalue weighted by Gasteiger charge is -2.16. The molecule has 0 heterocycles. The minimum absolute atomic E-state index is 0.252.